The van der Waals surface area contributed by atoms with Crippen molar-refractivity contribution >= 4 is 5.97 Å². The number of rotatable bonds is 5. The van der Waals surface area contributed by atoms with Gasteiger partial charge < -0.3 is 10.2 Å². The summed E-state index contributed by atoms with van der Waals surface area (Å²) in [6, 6.07) is 0. The van der Waals surface area contributed by atoms with Crippen molar-refractivity contribution in [1.82, 2.24) is 0 Å². The van der Waals surface area contributed by atoms with Crippen molar-refractivity contribution in [3.8, 4) is 0 Å². The minimum absolute atomic E-state index is 0.458. The van der Waals surface area contributed by atoms with E-state index in [-0.39, 0.29) is 0 Å². The first-order valence-corrected chi connectivity index (χ1v) is 3.13. The molecule has 0 rings (SSSR count). The Kier molecular flexibility index (Phi) is 4.75. The van der Waals surface area contributed by atoms with Crippen LogP contribution in [0.5, 0.6) is 0 Å². The van der Waals surface area contributed by atoms with E-state index in [1.54, 1.807) is 0 Å². The third kappa shape index (κ3) is 4.48. The van der Waals surface area contributed by atoms with Crippen LogP contribution in [0.2, 0.25) is 0 Å². The van der Waals surface area contributed by atoms with Crippen LogP contribution in [0, 0.1) is 0 Å². The summed E-state index contributed by atoms with van der Waals surface area (Å²) in [6.45, 7) is -0.458. The number of hydrogen-bond acceptors (Lipinski definition) is 3. The molecule has 0 aliphatic heterocycles. The molecule has 0 spiro atoms. The fourth-order valence-electron chi connectivity index (χ4n) is 0.543. The second-order valence-corrected chi connectivity index (χ2v) is 2.10. The molecule has 0 saturated heterocycles. The number of nitrogens with zero attached hydrogens (tertiary/aromatic N) is 3. The molecule has 0 aliphatic rings. The van der Waals surface area contributed by atoms with E-state index in [0.29, 0.717) is 0 Å². The number of carbonyl (C=O) groups is 1. The number of azide groups is 1. The van der Waals surface area contributed by atoms with E-state index in [0.717, 1.165) is 0 Å². The predicted molar refractivity (Wildman–Crippen MR) is 37.2 cm³/mol. The third-order valence-corrected chi connectivity index (χ3v) is 1.11. The molecule has 0 aromatic heterocycles. The summed E-state index contributed by atoms with van der Waals surface area (Å²) >= 11 is 0. The van der Waals surface area contributed by atoms with Gasteiger partial charge in [-0.15, -0.1) is 0 Å². The van der Waals surface area contributed by atoms with Crippen molar-refractivity contribution in [2.75, 3.05) is 6.54 Å². The summed E-state index contributed by atoms with van der Waals surface area (Å²) in [5, 5.41) is 19.6. The molecule has 2 unspecified atom stereocenters. The number of aliphatic hydroxyl groups is 1. The van der Waals surface area contributed by atoms with E-state index in [4.69, 9.17) is 15.7 Å². The Morgan fingerprint density at radius 2 is 2.33 bits per heavy atom. The molecule has 68 valence electrons. The van der Waals surface area contributed by atoms with Gasteiger partial charge in [-0.1, -0.05) is 5.11 Å². The molecule has 0 radical (unpaired) electrons. The Morgan fingerprint density at radius 3 is 2.75 bits per heavy atom. The van der Waals surface area contributed by atoms with Gasteiger partial charge in [-0.3, -0.25) is 0 Å². The van der Waals surface area contributed by atoms with Crippen LogP contribution in [0.4, 0.5) is 4.39 Å². The number of alkyl halides is 1. The molecule has 0 aromatic carbocycles. The van der Waals surface area contributed by atoms with Gasteiger partial charge in [0.25, 0.3) is 0 Å². The first kappa shape index (κ1) is 10.7. The summed E-state index contributed by atoms with van der Waals surface area (Å²) in [6.07, 6.45) is -3.92. The Bertz CT molecular complexity index is 204. The lowest BCUT2D eigenvalue weighted by Crippen LogP contribution is -2.24. The largest absolute Gasteiger partial charge is 0.479 e. The maximum absolute atomic E-state index is 12.5. The average Bonchev–Trinajstić information content (AvgIpc) is 2.00. The maximum atomic E-state index is 12.5. The molecular weight excluding hydrogens is 169 g/mol. The SMILES string of the molecule is [N-]=[N+]=NCC(F)CC(O)C(=O)O. The molecule has 0 fully saturated rings. The van der Waals surface area contributed by atoms with Gasteiger partial charge in [0.15, 0.2) is 6.10 Å². The van der Waals surface area contributed by atoms with Crippen LogP contribution < -0.4 is 0 Å². The lowest BCUT2D eigenvalue weighted by atomic mass is 10.2. The van der Waals surface area contributed by atoms with Crippen LogP contribution >= 0.6 is 0 Å². The van der Waals surface area contributed by atoms with Crippen molar-refractivity contribution in [1.29, 1.82) is 0 Å². The van der Waals surface area contributed by atoms with Crippen molar-refractivity contribution in [2.24, 2.45) is 5.11 Å². The lowest BCUT2D eigenvalue weighted by molar-refractivity contribution is -0.147. The quantitative estimate of drug-likeness (QED) is 0.362. The fraction of sp³-hybridized carbons (Fsp3) is 0.800. The van der Waals surface area contributed by atoms with Gasteiger partial charge in [-0.05, 0) is 5.53 Å². The number of hydrogen-bond donors (Lipinski definition) is 2. The predicted octanol–water partition coefficient (Wildman–Crippen LogP) is 0.470. The lowest BCUT2D eigenvalue weighted by Gasteiger charge is -2.06. The first-order valence-electron chi connectivity index (χ1n) is 3.13. The topological polar surface area (TPSA) is 106 Å². The highest BCUT2D eigenvalue weighted by Gasteiger charge is 2.18. The van der Waals surface area contributed by atoms with E-state index in [1.807, 2.05) is 0 Å². The summed E-state index contributed by atoms with van der Waals surface area (Å²) in [7, 11) is 0. The second-order valence-electron chi connectivity index (χ2n) is 2.10. The third-order valence-electron chi connectivity index (χ3n) is 1.11. The summed E-state index contributed by atoms with van der Waals surface area (Å²) in [5.41, 5.74) is 7.77. The van der Waals surface area contributed by atoms with Crippen molar-refractivity contribution in [2.45, 2.75) is 18.7 Å². The van der Waals surface area contributed by atoms with E-state index >= 15 is 0 Å². The van der Waals surface area contributed by atoms with Crippen molar-refractivity contribution in [3.05, 3.63) is 10.4 Å². The highest BCUT2D eigenvalue weighted by atomic mass is 19.1. The van der Waals surface area contributed by atoms with Crippen LogP contribution in [0.15, 0.2) is 5.11 Å². The van der Waals surface area contributed by atoms with Gasteiger partial charge in [-0.2, -0.15) is 0 Å². The van der Waals surface area contributed by atoms with Crippen LogP contribution in [-0.2, 0) is 4.79 Å². The average molecular weight is 177 g/mol. The molecular formula is C5H8FN3O3. The number of carboxylic acid groups (broad SMARTS) is 1. The van der Waals surface area contributed by atoms with E-state index in [1.165, 1.54) is 0 Å². The van der Waals surface area contributed by atoms with Gasteiger partial charge >= 0.3 is 5.97 Å². The molecule has 2 N–H and O–H groups in total. The van der Waals surface area contributed by atoms with E-state index in [9.17, 15) is 9.18 Å². The van der Waals surface area contributed by atoms with Gasteiger partial charge in [0, 0.05) is 11.3 Å². The molecule has 0 saturated carbocycles. The van der Waals surface area contributed by atoms with Gasteiger partial charge in [0.2, 0.25) is 0 Å². The van der Waals surface area contributed by atoms with Crippen molar-refractivity contribution < 1.29 is 19.4 Å². The van der Waals surface area contributed by atoms with Gasteiger partial charge in [0.05, 0.1) is 6.54 Å². The van der Waals surface area contributed by atoms with E-state index < -0.39 is 31.2 Å². The fourth-order valence-corrected chi connectivity index (χ4v) is 0.543. The van der Waals surface area contributed by atoms with E-state index in [2.05, 4.69) is 10.0 Å². The zero-order valence-corrected chi connectivity index (χ0v) is 6.09. The minimum Gasteiger partial charge on any atom is -0.479 e. The number of halogens is 1. The molecule has 12 heavy (non-hydrogen) atoms. The molecule has 2 atom stereocenters. The minimum atomic E-state index is -1.74. The summed E-state index contributed by atoms with van der Waals surface area (Å²) in [4.78, 5) is 12.3. The smallest absolute Gasteiger partial charge is 0.332 e. The maximum Gasteiger partial charge on any atom is 0.332 e. The number of aliphatic carboxylic acids is 1. The zero-order chi connectivity index (χ0) is 9.56. The zero-order valence-electron chi connectivity index (χ0n) is 6.09. The number of carboxylic acids is 1. The second kappa shape index (κ2) is 5.34. The van der Waals surface area contributed by atoms with Gasteiger partial charge in [-0.25, -0.2) is 9.18 Å². The molecule has 0 aliphatic carbocycles. The van der Waals surface area contributed by atoms with Crippen LogP contribution in [0.3, 0.4) is 0 Å². The Balaban J connectivity index is 3.75. The standard InChI is InChI=1S/C5H8FN3O3/c6-3(2-8-9-7)1-4(10)5(11)12/h3-4,10H,1-2H2,(H,11,12). The number of aliphatic hydroxyl groups excluding tert-OH is 1. The van der Waals surface area contributed by atoms with Crippen LogP contribution in [-0.4, -0.2) is 35.0 Å². The van der Waals surface area contributed by atoms with Crippen molar-refractivity contribution in [3.63, 3.8) is 0 Å². The molecule has 0 amide bonds. The highest BCUT2D eigenvalue weighted by Crippen LogP contribution is 2.03. The Hall–Kier alpha value is -1.33. The Morgan fingerprint density at radius 1 is 1.75 bits per heavy atom. The molecule has 7 heteroatoms. The molecule has 0 aromatic rings. The van der Waals surface area contributed by atoms with Crippen LogP contribution in [0.1, 0.15) is 6.42 Å². The monoisotopic (exact) mass is 177 g/mol. The Labute approximate surface area is 67.2 Å². The molecule has 0 bridgehead atoms. The first-order chi connectivity index (χ1) is 5.57. The van der Waals surface area contributed by atoms with Crippen LogP contribution in [0.25, 0.3) is 10.4 Å². The molecule has 0 heterocycles. The highest BCUT2D eigenvalue weighted by molar-refractivity contribution is 5.71. The normalized spacial score (nSPS) is 14.5. The summed E-state index contributed by atoms with van der Waals surface area (Å²) < 4.78 is 12.5. The van der Waals surface area contributed by atoms with Gasteiger partial charge in [0.1, 0.15) is 6.17 Å². The molecule has 6 nitrogen and oxygen atoms in total. The summed E-state index contributed by atoms with van der Waals surface area (Å²) in [5.74, 6) is -1.49.